The van der Waals surface area contributed by atoms with Gasteiger partial charge in [0.15, 0.2) is 0 Å². The third-order valence-corrected chi connectivity index (χ3v) is 4.25. The minimum absolute atomic E-state index is 0.228. The molecule has 0 spiro atoms. The number of ether oxygens (including phenoxy) is 1. The topological polar surface area (TPSA) is 96.5 Å². The van der Waals surface area contributed by atoms with Gasteiger partial charge in [-0.2, -0.15) is 0 Å². The van der Waals surface area contributed by atoms with Crippen molar-refractivity contribution in [3.63, 3.8) is 0 Å². The van der Waals surface area contributed by atoms with Gasteiger partial charge in [-0.05, 0) is 23.8 Å². The Morgan fingerprint density at radius 1 is 1.11 bits per heavy atom. The van der Waals surface area contributed by atoms with Crippen molar-refractivity contribution in [3.05, 3.63) is 59.7 Å². The van der Waals surface area contributed by atoms with Crippen LogP contribution in [0.5, 0.6) is 0 Å². The molecule has 0 unspecified atom stereocenters. The highest BCUT2D eigenvalue weighted by atomic mass is 16.5. The first-order valence-electron chi connectivity index (χ1n) is 8.94. The largest absolute Gasteiger partial charge is 0.379 e. The van der Waals surface area contributed by atoms with Crippen LogP contribution >= 0.6 is 0 Å². The van der Waals surface area contributed by atoms with Gasteiger partial charge in [0.2, 0.25) is 0 Å². The second-order valence-corrected chi connectivity index (χ2v) is 6.18. The highest BCUT2D eigenvalue weighted by Gasteiger charge is 2.13. The number of pyridine rings is 2. The van der Waals surface area contributed by atoms with Gasteiger partial charge in [0, 0.05) is 56.9 Å². The summed E-state index contributed by atoms with van der Waals surface area (Å²) in [4.78, 5) is 34.9. The monoisotopic (exact) mass is 369 g/mol. The van der Waals surface area contributed by atoms with Crippen molar-refractivity contribution in [3.8, 4) is 0 Å². The Labute approximate surface area is 158 Å². The van der Waals surface area contributed by atoms with Crippen molar-refractivity contribution in [2.24, 2.45) is 0 Å². The van der Waals surface area contributed by atoms with E-state index in [4.69, 9.17) is 4.74 Å². The summed E-state index contributed by atoms with van der Waals surface area (Å²) in [5.74, 6) is -0.547. The Hall–Kier alpha value is -2.84. The van der Waals surface area contributed by atoms with Crippen molar-refractivity contribution >= 4 is 11.8 Å². The molecule has 1 saturated heterocycles. The summed E-state index contributed by atoms with van der Waals surface area (Å²) in [6.07, 6.45) is 4.84. The minimum atomic E-state index is -0.287. The number of amides is 2. The molecule has 1 aliphatic rings. The van der Waals surface area contributed by atoms with E-state index in [-0.39, 0.29) is 17.5 Å². The Morgan fingerprint density at radius 3 is 2.74 bits per heavy atom. The van der Waals surface area contributed by atoms with E-state index in [0.717, 1.165) is 38.4 Å². The molecule has 8 nitrogen and oxygen atoms in total. The van der Waals surface area contributed by atoms with E-state index in [1.54, 1.807) is 18.5 Å². The second-order valence-electron chi connectivity index (χ2n) is 6.18. The number of nitrogens with one attached hydrogen (secondary N) is 2. The standard InChI is InChI=1S/C19H23N5O3/c25-18(23-14-15-2-1-4-20-13-15)16-3-5-21-17(12-16)19(26)22-6-7-24-8-10-27-11-9-24/h1-5,12-13H,6-11,14H2,(H,22,26)(H,23,25). The fourth-order valence-electron chi connectivity index (χ4n) is 2.73. The molecule has 1 aliphatic heterocycles. The van der Waals surface area contributed by atoms with E-state index in [9.17, 15) is 9.59 Å². The summed E-state index contributed by atoms with van der Waals surface area (Å²) in [6, 6.07) is 6.78. The van der Waals surface area contributed by atoms with Gasteiger partial charge in [-0.1, -0.05) is 6.07 Å². The van der Waals surface area contributed by atoms with Crippen LogP contribution in [0, 0.1) is 0 Å². The molecule has 2 amide bonds. The smallest absolute Gasteiger partial charge is 0.269 e. The lowest BCUT2D eigenvalue weighted by atomic mass is 10.2. The van der Waals surface area contributed by atoms with Crippen LogP contribution < -0.4 is 10.6 Å². The fraction of sp³-hybridized carbons (Fsp3) is 0.368. The van der Waals surface area contributed by atoms with E-state index in [0.29, 0.717) is 18.7 Å². The van der Waals surface area contributed by atoms with Gasteiger partial charge < -0.3 is 15.4 Å². The fourth-order valence-corrected chi connectivity index (χ4v) is 2.73. The number of aromatic nitrogens is 2. The Morgan fingerprint density at radius 2 is 1.96 bits per heavy atom. The zero-order valence-corrected chi connectivity index (χ0v) is 15.1. The average molecular weight is 369 g/mol. The molecule has 3 rings (SSSR count). The molecule has 2 aromatic rings. The molecule has 8 heteroatoms. The third-order valence-electron chi connectivity index (χ3n) is 4.25. The van der Waals surface area contributed by atoms with Crippen LogP contribution in [-0.4, -0.2) is 66.1 Å². The summed E-state index contributed by atoms with van der Waals surface area (Å²) in [5.41, 5.74) is 1.53. The predicted molar refractivity (Wildman–Crippen MR) is 99.2 cm³/mol. The molecule has 2 N–H and O–H groups in total. The molecule has 27 heavy (non-hydrogen) atoms. The number of carbonyl (C=O) groups is 2. The molecular weight excluding hydrogens is 346 g/mol. The first-order chi connectivity index (χ1) is 13.2. The van der Waals surface area contributed by atoms with E-state index in [1.165, 1.54) is 12.3 Å². The first-order valence-corrected chi connectivity index (χ1v) is 8.94. The van der Waals surface area contributed by atoms with E-state index in [1.807, 2.05) is 12.1 Å². The van der Waals surface area contributed by atoms with Gasteiger partial charge in [0.05, 0.1) is 13.2 Å². The maximum absolute atomic E-state index is 12.3. The van der Waals surface area contributed by atoms with Gasteiger partial charge in [-0.3, -0.25) is 24.5 Å². The first kappa shape index (κ1) is 18.9. The van der Waals surface area contributed by atoms with Crippen molar-refractivity contribution in [2.75, 3.05) is 39.4 Å². The highest BCUT2D eigenvalue weighted by molar-refractivity contribution is 5.98. The molecule has 0 aromatic carbocycles. The summed E-state index contributed by atoms with van der Waals surface area (Å²) >= 11 is 0. The van der Waals surface area contributed by atoms with Crippen LogP contribution in [0.15, 0.2) is 42.9 Å². The molecule has 0 radical (unpaired) electrons. The third kappa shape index (κ3) is 5.83. The second kappa shape index (κ2) is 9.75. The maximum atomic E-state index is 12.3. The summed E-state index contributed by atoms with van der Waals surface area (Å²) in [7, 11) is 0. The molecule has 2 aromatic heterocycles. The van der Waals surface area contributed by atoms with E-state index in [2.05, 4.69) is 25.5 Å². The number of carbonyl (C=O) groups excluding carboxylic acids is 2. The molecule has 1 fully saturated rings. The number of hydrogen-bond acceptors (Lipinski definition) is 6. The Kier molecular flexibility index (Phi) is 6.84. The number of nitrogens with zero attached hydrogens (tertiary/aromatic N) is 3. The lowest BCUT2D eigenvalue weighted by Crippen LogP contribution is -2.41. The minimum Gasteiger partial charge on any atom is -0.379 e. The Balaban J connectivity index is 1.49. The molecule has 142 valence electrons. The molecule has 0 saturated carbocycles. The van der Waals surface area contributed by atoms with Crippen LogP contribution in [0.3, 0.4) is 0 Å². The normalized spacial score (nSPS) is 14.5. The van der Waals surface area contributed by atoms with Crippen LogP contribution in [0.2, 0.25) is 0 Å². The van der Waals surface area contributed by atoms with Crippen molar-refractivity contribution in [2.45, 2.75) is 6.54 Å². The van der Waals surface area contributed by atoms with Gasteiger partial charge in [0.25, 0.3) is 11.8 Å². The summed E-state index contributed by atoms with van der Waals surface area (Å²) in [6.45, 7) is 4.87. The van der Waals surface area contributed by atoms with Crippen molar-refractivity contribution < 1.29 is 14.3 Å². The SMILES string of the molecule is O=C(NCc1cccnc1)c1ccnc(C(=O)NCCN2CCOCC2)c1. The van der Waals surface area contributed by atoms with E-state index >= 15 is 0 Å². The number of hydrogen-bond donors (Lipinski definition) is 2. The van der Waals surface area contributed by atoms with Crippen LogP contribution in [0.1, 0.15) is 26.4 Å². The zero-order chi connectivity index (χ0) is 18.9. The molecule has 0 atom stereocenters. The predicted octanol–water partition coefficient (Wildman–Crippen LogP) is 0.469. The molecule has 0 bridgehead atoms. The number of morpholine rings is 1. The lowest BCUT2D eigenvalue weighted by molar-refractivity contribution is 0.0383. The zero-order valence-electron chi connectivity index (χ0n) is 15.1. The quantitative estimate of drug-likeness (QED) is 0.736. The average Bonchev–Trinajstić information content (AvgIpc) is 2.73. The maximum Gasteiger partial charge on any atom is 0.269 e. The summed E-state index contributed by atoms with van der Waals surface area (Å²) < 4.78 is 5.30. The van der Waals surface area contributed by atoms with Crippen molar-refractivity contribution in [1.29, 1.82) is 0 Å². The van der Waals surface area contributed by atoms with Gasteiger partial charge in [0.1, 0.15) is 5.69 Å². The van der Waals surface area contributed by atoms with Crippen LogP contribution in [0.4, 0.5) is 0 Å². The molecular formula is C19H23N5O3. The Bertz CT molecular complexity index is 763. The summed E-state index contributed by atoms with van der Waals surface area (Å²) in [5, 5.41) is 5.66. The molecule has 3 heterocycles. The van der Waals surface area contributed by atoms with Crippen molar-refractivity contribution in [1.82, 2.24) is 25.5 Å². The van der Waals surface area contributed by atoms with E-state index < -0.39 is 0 Å². The number of rotatable bonds is 7. The molecule has 0 aliphatic carbocycles. The van der Waals surface area contributed by atoms with Gasteiger partial charge in [-0.15, -0.1) is 0 Å². The van der Waals surface area contributed by atoms with Crippen LogP contribution in [0.25, 0.3) is 0 Å². The van der Waals surface area contributed by atoms with Gasteiger partial charge in [-0.25, -0.2) is 0 Å². The van der Waals surface area contributed by atoms with Gasteiger partial charge >= 0.3 is 0 Å². The van der Waals surface area contributed by atoms with Crippen LogP contribution in [-0.2, 0) is 11.3 Å². The lowest BCUT2D eigenvalue weighted by Gasteiger charge is -2.26. The highest BCUT2D eigenvalue weighted by Crippen LogP contribution is 2.04.